The number of likely N-dealkylation sites (N-methyl/N-ethyl adjacent to an activating group) is 1. The summed E-state index contributed by atoms with van der Waals surface area (Å²) in [6, 6.07) is 13.8. The third-order valence-corrected chi connectivity index (χ3v) is 8.72. The van der Waals surface area contributed by atoms with Crippen molar-refractivity contribution in [2.45, 2.75) is 91.5 Å². The Balaban J connectivity index is 1.66. The maximum atomic E-state index is 12.6. The molecule has 2 aromatic rings. The van der Waals surface area contributed by atoms with E-state index in [1.165, 1.54) is 0 Å². The van der Waals surface area contributed by atoms with Gasteiger partial charge in [-0.25, -0.2) is 0 Å². The number of halogens is 1. The molecule has 0 radical (unpaired) electrons. The number of nitrogens with zero attached hydrogens (tertiary/aromatic N) is 1. The fourth-order valence-corrected chi connectivity index (χ4v) is 5.76. The Hall–Kier alpha value is -2.54. The zero-order chi connectivity index (χ0) is 30.6. The van der Waals surface area contributed by atoms with E-state index in [0.717, 1.165) is 53.3 Å². The maximum absolute atomic E-state index is 12.6. The second kappa shape index (κ2) is 16.9. The van der Waals surface area contributed by atoms with Crippen molar-refractivity contribution >= 4 is 23.2 Å². The number of aliphatic hydroxyl groups excluding tert-OH is 1. The summed E-state index contributed by atoms with van der Waals surface area (Å²) in [6.45, 7) is 12.7. The van der Waals surface area contributed by atoms with E-state index in [2.05, 4.69) is 43.1 Å². The van der Waals surface area contributed by atoms with Crippen LogP contribution in [-0.4, -0.2) is 50.0 Å². The fourth-order valence-electron chi connectivity index (χ4n) is 5.56. The van der Waals surface area contributed by atoms with Crippen molar-refractivity contribution in [3.8, 4) is 0 Å². The number of rotatable bonds is 15. The van der Waals surface area contributed by atoms with Crippen molar-refractivity contribution in [1.82, 2.24) is 5.32 Å². The van der Waals surface area contributed by atoms with Crippen LogP contribution in [0.2, 0.25) is 5.02 Å². The zero-order valence-electron chi connectivity index (χ0n) is 26.4. The lowest BCUT2D eigenvalue weighted by Gasteiger charge is -2.36. The average Bonchev–Trinajstić information content (AvgIpc) is 2.97. The first kappa shape index (κ1) is 34.0. The van der Waals surface area contributed by atoms with Gasteiger partial charge in [0.15, 0.2) is 0 Å². The summed E-state index contributed by atoms with van der Waals surface area (Å²) in [5.41, 5.74) is 3.75. The van der Waals surface area contributed by atoms with Crippen molar-refractivity contribution in [2.75, 3.05) is 31.6 Å². The first-order chi connectivity index (χ1) is 20.1. The van der Waals surface area contributed by atoms with Gasteiger partial charge in [0.2, 0.25) is 0 Å². The minimum Gasteiger partial charge on any atom is -0.499 e. The lowest BCUT2D eigenvalue weighted by Crippen LogP contribution is -2.39. The normalized spacial score (nSPS) is 20.6. The first-order valence-electron chi connectivity index (χ1n) is 15.6. The number of amides is 1. The van der Waals surface area contributed by atoms with Crippen molar-refractivity contribution in [1.29, 1.82) is 0 Å². The van der Waals surface area contributed by atoms with Gasteiger partial charge in [-0.05, 0) is 80.0 Å². The van der Waals surface area contributed by atoms with Gasteiger partial charge in [0.1, 0.15) is 0 Å². The molecule has 0 aliphatic carbocycles. The summed E-state index contributed by atoms with van der Waals surface area (Å²) < 4.78 is 12.3. The number of unbranched alkanes of at least 4 members (excludes halogenated alkanes) is 1. The molecule has 0 saturated carbocycles. The van der Waals surface area contributed by atoms with E-state index in [4.69, 9.17) is 21.1 Å². The number of hydrogen-bond acceptors (Lipinski definition) is 5. The number of benzene rings is 2. The van der Waals surface area contributed by atoms with E-state index < -0.39 is 6.10 Å². The molecule has 5 atom stereocenters. The molecular weight excluding hydrogens is 548 g/mol. The first-order valence-corrected chi connectivity index (χ1v) is 16.0. The number of anilines is 1. The predicted octanol–water partition coefficient (Wildman–Crippen LogP) is 7.73. The summed E-state index contributed by atoms with van der Waals surface area (Å²) in [4.78, 5) is 14.7. The Bertz CT molecular complexity index is 1170. The van der Waals surface area contributed by atoms with Crippen LogP contribution in [-0.2, 0) is 15.9 Å². The molecule has 232 valence electrons. The number of aliphatic hydroxyl groups is 1. The number of carbonyl (C=O) groups excluding carboxylic acids is 1. The minimum absolute atomic E-state index is 0.0538. The molecule has 1 fully saturated rings. The summed E-state index contributed by atoms with van der Waals surface area (Å²) in [5, 5.41) is 14.6. The topological polar surface area (TPSA) is 71.0 Å². The van der Waals surface area contributed by atoms with Crippen LogP contribution in [0.4, 0.5) is 5.69 Å². The summed E-state index contributed by atoms with van der Waals surface area (Å²) in [7, 11) is 2.00. The van der Waals surface area contributed by atoms with Crippen LogP contribution in [0.25, 0.3) is 0 Å². The highest BCUT2D eigenvalue weighted by Gasteiger charge is 2.31. The Morgan fingerprint density at radius 2 is 1.98 bits per heavy atom. The monoisotopic (exact) mass is 598 g/mol. The molecule has 0 spiro atoms. The smallest absolute Gasteiger partial charge is 0.251 e. The second-order valence-corrected chi connectivity index (χ2v) is 12.2. The van der Waals surface area contributed by atoms with Gasteiger partial charge in [-0.15, -0.1) is 0 Å². The van der Waals surface area contributed by atoms with Gasteiger partial charge in [-0.3, -0.25) is 4.79 Å². The van der Waals surface area contributed by atoms with Gasteiger partial charge >= 0.3 is 0 Å². The molecule has 0 bridgehead atoms. The lowest BCUT2D eigenvalue weighted by atomic mass is 9.86. The minimum atomic E-state index is -0.450. The summed E-state index contributed by atoms with van der Waals surface area (Å²) >= 11 is 6.67. The largest absolute Gasteiger partial charge is 0.499 e. The molecule has 42 heavy (non-hydrogen) atoms. The Morgan fingerprint density at radius 1 is 1.19 bits per heavy atom. The second-order valence-electron chi connectivity index (χ2n) is 11.8. The maximum Gasteiger partial charge on any atom is 0.251 e. The molecule has 0 aromatic heterocycles. The van der Waals surface area contributed by atoms with Gasteiger partial charge in [-0.2, -0.15) is 0 Å². The number of nitrogens with one attached hydrogen (secondary N) is 1. The van der Waals surface area contributed by atoms with Crippen molar-refractivity contribution in [3.05, 3.63) is 76.0 Å². The number of carbonyl (C=O) groups is 1. The molecular formula is C35H51ClN2O4. The molecule has 1 saturated heterocycles. The zero-order valence-corrected chi connectivity index (χ0v) is 27.1. The highest BCUT2D eigenvalue weighted by Crippen LogP contribution is 2.35. The van der Waals surface area contributed by atoms with Gasteiger partial charge < -0.3 is 24.8 Å². The number of allylic oxidation sites excluding steroid dienone is 2. The van der Waals surface area contributed by atoms with E-state index in [9.17, 15) is 9.90 Å². The molecule has 7 heteroatoms. The van der Waals surface area contributed by atoms with Gasteiger partial charge in [0, 0.05) is 55.7 Å². The molecule has 2 aromatic carbocycles. The molecule has 1 amide bonds. The molecule has 1 aliphatic heterocycles. The average molecular weight is 599 g/mol. The molecule has 5 unspecified atom stereocenters. The van der Waals surface area contributed by atoms with Gasteiger partial charge in [0.25, 0.3) is 5.91 Å². The summed E-state index contributed by atoms with van der Waals surface area (Å²) in [6.07, 6.45) is 6.15. The molecule has 3 rings (SSSR count). The fraction of sp³-hybridized carbons (Fsp3) is 0.571. The lowest BCUT2D eigenvalue weighted by molar-refractivity contribution is -0.0934. The van der Waals surface area contributed by atoms with Crippen LogP contribution in [0.3, 0.4) is 0 Å². The predicted molar refractivity (Wildman–Crippen MR) is 173 cm³/mol. The third kappa shape index (κ3) is 10.0. The standard InChI is InChI=1S/C35H51ClN2O4/c1-7-10-16-37-35(40)27-12-11-13-29(20-27)38(6)23-32-21-30(39)22-34(42-32)26-14-15-33(36)28(19-26)17-24(4)25(5)18-31(8-2)41-9-3/h8,11-15,19-20,24-25,30,32,34,39H,7,9-10,16-18,21-23H2,1-6H3,(H,37,40). The van der Waals surface area contributed by atoms with Crippen LogP contribution >= 0.6 is 11.6 Å². The van der Waals surface area contributed by atoms with Crippen LogP contribution in [0.5, 0.6) is 0 Å². The van der Waals surface area contributed by atoms with Crippen molar-refractivity contribution in [3.63, 3.8) is 0 Å². The van der Waals surface area contributed by atoms with Crippen LogP contribution in [0, 0.1) is 11.8 Å². The van der Waals surface area contributed by atoms with E-state index in [1.807, 2.05) is 57.3 Å². The molecule has 1 heterocycles. The highest BCUT2D eigenvalue weighted by atomic mass is 35.5. The Kier molecular flexibility index (Phi) is 13.7. The van der Waals surface area contributed by atoms with Gasteiger partial charge in [0.05, 0.1) is 30.7 Å². The molecule has 1 aliphatic rings. The Morgan fingerprint density at radius 3 is 2.69 bits per heavy atom. The van der Waals surface area contributed by atoms with Gasteiger partial charge in [-0.1, -0.05) is 57.0 Å². The highest BCUT2D eigenvalue weighted by molar-refractivity contribution is 6.31. The van der Waals surface area contributed by atoms with Crippen LogP contribution in [0.1, 0.15) is 94.3 Å². The van der Waals surface area contributed by atoms with E-state index >= 15 is 0 Å². The summed E-state index contributed by atoms with van der Waals surface area (Å²) in [5.74, 6) is 1.84. The van der Waals surface area contributed by atoms with E-state index in [0.29, 0.717) is 49.9 Å². The third-order valence-electron chi connectivity index (χ3n) is 8.35. The van der Waals surface area contributed by atoms with Crippen LogP contribution in [0.15, 0.2) is 54.3 Å². The molecule has 2 N–H and O–H groups in total. The quantitative estimate of drug-likeness (QED) is 0.162. The number of ether oxygens (including phenoxy) is 2. The van der Waals surface area contributed by atoms with Crippen molar-refractivity contribution in [2.24, 2.45) is 11.8 Å². The molecule has 6 nitrogen and oxygen atoms in total. The number of hydrogen-bond donors (Lipinski definition) is 2. The SMILES string of the molecule is CC=C(CC(C)C(C)Cc1cc(C2CC(O)CC(CN(C)c3cccc(C(=O)NCCCC)c3)O2)ccc1Cl)OCC. The van der Waals surface area contributed by atoms with Crippen molar-refractivity contribution < 1.29 is 19.4 Å². The van der Waals surface area contributed by atoms with E-state index in [-0.39, 0.29) is 18.1 Å². The van der Waals surface area contributed by atoms with E-state index in [1.54, 1.807) is 0 Å². The van der Waals surface area contributed by atoms with Crippen LogP contribution < -0.4 is 10.2 Å². The Labute approximate surface area is 258 Å².